The highest BCUT2D eigenvalue weighted by molar-refractivity contribution is 7.13. The van der Waals surface area contributed by atoms with Gasteiger partial charge in [0.15, 0.2) is 5.13 Å². The van der Waals surface area contributed by atoms with E-state index in [0.29, 0.717) is 0 Å². The van der Waals surface area contributed by atoms with Gasteiger partial charge in [0, 0.05) is 17.0 Å². The fraction of sp³-hybridized carbons (Fsp3) is 0.120. The Kier molecular flexibility index (Phi) is 6.52. The van der Waals surface area contributed by atoms with Gasteiger partial charge in [0.25, 0.3) is 0 Å². The lowest BCUT2D eigenvalue weighted by Gasteiger charge is -2.17. The van der Waals surface area contributed by atoms with Crippen LogP contribution in [0, 0.1) is 0 Å². The lowest BCUT2D eigenvalue weighted by molar-refractivity contribution is -0.145. The molecule has 0 aliphatic rings. The molecule has 4 rings (SSSR count). The maximum atomic E-state index is 12.6. The Hall–Kier alpha value is -3.44. The summed E-state index contributed by atoms with van der Waals surface area (Å²) in [7, 11) is 0. The number of hydrogen-bond donors (Lipinski definition) is 1. The highest BCUT2D eigenvalue weighted by Gasteiger charge is 2.19. The van der Waals surface area contributed by atoms with Crippen LogP contribution in [0.3, 0.4) is 0 Å². The number of carbonyl (C=O) groups is 1. The lowest BCUT2D eigenvalue weighted by atomic mass is 9.89. The maximum absolute atomic E-state index is 12.6. The second kappa shape index (κ2) is 9.85. The van der Waals surface area contributed by atoms with Crippen molar-refractivity contribution < 1.29 is 9.53 Å². The number of carbonyl (C=O) groups excluding carboxylic acids is 1. The van der Waals surface area contributed by atoms with E-state index in [0.717, 1.165) is 27.6 Å². The van der Waals surface area contributed by atoms with E-state index in [1.54, 1.807) is 0 Å². The number of nitrogens with one attached hydrogen (secondary N) is 1. The molecule has 0 aliphatic carbocycles. The van der Waals surface area contributed by atoms with Crippen molar-refractivity contribution in [2.24, 2.45) is 0 Å². The smallest absolute Gasteiger partial charge is 0.307 e. The van der Waals surface area contributed by atoms with E-state index >= 15 is 0 Å². The number of ether oxygens (including phenoxy) is 1. The first kappa shape index (κ1) is 19.9. The van der Waals surface area contributed by atoms with E-state index in [-0.39, 0.29) is 24.9 Å². The van der Waals surface area contributed by atoms with Crippen LogP contribution in [0.5, 0.6) is 0 Å². The molecule has 1 N–H and O–H groups in total. The third-order valence-electron chi connectivity index (χ3n) is 4.73. The van der Waals surface area contributed by atoms with E-state index in [1.807, 2.05) is 96.4 Å². The zero-order valence-electron chi connectivity index (χ0n) is 16.4. The Bertz CT molecular complexity index is 1030. The topological polar surface area (TPSA) is 51.2 Å². The standard InChI is InChI=1S/C25H22N2O2S/c28-24(16-23(19-10-4-1-5-11-19)20-12-6-2-7-13-20)29-17-22-18-30-25(27-22)26-21-14-8-3-9-15-21/h1-15,18,23H,16-17H2,(H,26,27). The van der Waals surface area contributed by atoms with Crippen molar-refractivity contribution in [1.29, 1.82) is 0 Å². The Balaban J connectivity index is 1.37. The molecule has 1 heterocycles. The van der Waals surface area contributed by atoms with Gasteiger partial charge in [-0.3, -0.25) is 4.79 Å². The molecule has 0 unspecified atom stereocenters. The molecule has 0 spiro atoms. The summed E-state index contributed by atoms with van der Waals surface area (Å²) in [6.07, 6.45) is 0.285. The first-order chi connectivity index (χ1) is 14.8. The van der Waals surface area contributed by atoms with Crippen molar-refractivity contribution in [3.05, 3.63) is 113 Å². The van der Waals surface area contributed by atoms with Crippen molar-refractivity contribution in [2.75, 3.05) is 5.32 Å². The second-order valence-corrected chi connectivity index (χ2v) is 7.73. The number of para-hydroxylation sites is 1. The van der Waals surface area contributed by atoms with Crippen molar-refractivity contribution in [3.63, 3.8) is 0 Å². The largest absolute Gasteiger partial charge is 0.459 e. The van der Waals surface area contributed by atoms with Crippen LogP contribution in [0.2, 0.25) is 0 Å². The summed E-state index contributed by atoms with van der Waals surface area (Å²) in [5.74, 6) is -0.274. The third kappa shape index (κ3) is 5.33. The highest BCUT2D eigenvalue weighted by Crippen LogP contribution is 2.28. The van der Waals surface area contributed by atoms with Crippen LogP contribution in [0.4, 0.5) is 10.8 Å². The monoisotopic (exact) mass is 414 g/mol. The van der Waals surface area contributed by atoms with E-state index in [2.05, 4.69) is 10.3 Å². The van der Waals surface area contributed by atoms with Gasteiger partial charge in [0.1, 0.15) is 6.61 Å². The number of anilines is 2. The number of rotatable bonds is 8. The van der Waals surface area contributed by atoms with Crippen LogP contribution in [0.15, 0.2) is 96.4 Å². The lowest BCUT2D eigenvalue weighted by Crippen LogP contribution is -2.12. The number of esters is 1. The minimum absolute atomic E-state index is 0.0364. The van der Waals surface area contributed by atoms with Crippen LogP contribution in [0.25, 0.3) is 0 Å². The molecule has 0 atom stereocenters. The molecule has 150 valence electrons. The quantitative estimate of drug-likeness (QED) is 0.351. The fourth-order valence-corrected chi connectivity index (χ4v) is 3.97. The zero-order valence-corrected chi connectivity index (χ0v) is 17.2. The Morgan fingerprint density at radius 1 is 0.867 bits per heavy atom. The molecular weight excluding hydrogens is 392 g/mol. The van der Waals surface area contributed by atoms with E-state index in [9.17, 15) is 4.79 Å². The van der Waals surface area contributed by atoms with E-state index in [1.165, 1.54) is 11.3 Å². The summed E-state index contributed by atoms with van der Waals surface area (Å²) in [4.78, 5) is 17.1. The predicted molar refractivity (Wildman–Crippen MR) is 121 cm³/mol. The van der Waals surface area contributed by atoms with Crippen LogP contribution < -0.4 is 5.32 Å². The van der Waals surface area contributed by atoms with Crippen LogP contribution in [0.1, 0.15) is 29.2 Å². The first-order valence-electron chi connectivity index (χ1n) is 9.80. The molecule has 0 saturated carbocycles. The van der Waals surface area contributed by atoms with Crippen molar-refractivity contribution in [3.8, 4) is 0 Å². The molecule has 30 heavy (non-hydrogen) atoms. The molecule has 0 fully saturated rings. The molecule has 5 heteroatoms. The summed E-state index contributed by atoms with van der Waals surface area (Å²) in [6.45, 7) is 0.169. The van der Waals surface area contributed by atoms with Gasteiger partial charge >= 0.3 is 5.97 Å². The minimum atomic E-state index is -0.238. The van der Waals surface area contributed by atoms with Crippen molar-refractivity contribution in [2.45, 2.75) is 18.9 Å². The van der Waals surface area contributed by atoms with E-state index < -0.39 is 0 Å². The minimum Gasteiger partial charge on any atom is -0.459 e. The first-order valence-corrected chi connectivity index (χ1v) is 10.7. The summed E-state index contributed by atoms with van der Waals surface area (Å²) in [5, 5.41) is 5.94. The SMILES string of the molecule is O=C(CC(c1ccccc1)c1ccccc1)OCc1csc(Nc2ccccc2)n1. The number of hydrogen-bond acceptors (Lipinski definition) is 5. The molecule has 0 saturated heterocycles. The Morgan fingerprint density at radius 2 is 1.43 bits per heavy atom. The highest BCUT2D eigenvalue weighted by atomic mass is 32.1. The molecule has 0 amide bonds. The van der Waals surface area contributed by atoms with Gasteiger partial charge in [-0.2, -0.15) is 0 Å². The Morgan fingerprint density at radius 3 is 2.03 bits per heavy atom. The fourth-order valence-electron chi connectivity index (χ4n) is 3.25. The third-order valence-corrected chi connectivity index (χ3v) is 5.54. The van der Waals surface area contributed by atoms with Crippen LogP contribution in [-0.2, 0) is 16.1 Å². The Labute approximate surface area is 180 Å². The van der Waals surface area contributed by atoms with Gasteiger partial charge in [-0.05, 0) is 23.3 Å². The van der Waals surface area contributed by atoms with Gasteiger partial charge in [-0.1, -0.05) is 78.9 Å². The summed E-state index contributed by atoms with van der Waals surface area (Å²) in [5.41, 5.74) is 3.92. The molecular formula is C25H22N2O2S. The molecule has 1 aromatic heterocycles. The number of nitrogens with zero attached hydrogens (tertiary/aromatic N) is 1. The van der Waals surface area contributed by atoms with Crippen LogP contribution in [-0.4, -0.2) is 11.0 Å². The summed E-state index contributed by atoms with van der Waals surface area (Å²) >= 11 is 1.49. The molecule has 4 nitrogen and oxygen atoms in total. The van der Waals surface area contributed by atoms with Gasteiger partial charge in [-0.15, -0.1) is 11.3 Å². The van der Waals surface area contributed by atoms with Gasteiger partial charge in [0.2, 0.25) is 0 Å². The average Bonchev–Trinajstić information content (AvgIpc) is 3.25. The van der Waals surface area contributed by atoms with Crippen molar-refractivity contribution in [1.82, 2.24) is 4.98 Å². The van der Waals surface area contributed by atoms with Gasteiger partial charge in [-0.25, -0.2) is 4.98 Å². The maximum Gasteiger partial charge on any atom is 0.307 e. The van der Waals surface area contributed by atoms with Crippen LogP contribution >= 0.6 is 11.3 Å². The molecule has 0 bridgehead atoms. The second-order valence-electron chi connectivity index (χ2n) is 6.87. The molecule has 3 aromatic carbocycles. The number of benzene rings is 3. The summed E-state index contributed by atoms with van der Waals surface area (Å²) in [6, 6.07) is 30.0. The van der Waals surface area contributed by atoms with Gasteiger partial charge in [0.05, 0.1) is 12.1 Å². The zero-order chi connectivity index (χ0) is 20.6. The van der Waals surface area contributed by atoms with Gasteiger partial charge < -0.3 is 10.1 Å². The molecule has 0 radical (unpaired) electrons. The molecule has 0 aliphatic heterocycles. The van der Waals surface area contributed by atoms with Crippen molar-refractivity contribution >= 4 is 28.1 Å². The average molecular weight is 415 g/mol. The predicted octanol–water partition coefficient (Wildman–Crippen LogP) is 6.15. The van der Waals surface area contributed by atoms with E-state index in [4.69, 9.17) is 4.74 Å². The number of thiazole rings is 1. The molecule has 4 aromatic rings. The normalized spacial score (nSPS) is 10.7. The number of aromatic nitrogens is 1. The summed E-state index contributed by atoms with van der Waals surface area (Å²) < 4.78 is 5.54.